The van der Waals surface area contributed by atoms with E-state index in [0.717, 1.165) is 11.3 Å². The van der Waals surface area contributed by atoms with E-state index >= 15 is 0 Å². The van der Waals surface area contributed by atoms with Gasteiger partial charge in [-0.2, -0.15) is 9.40 Å². The maximum Gasteiger partial charge on any atom is 0.274 e. The van der Waals surface area contributed by atoms with Gasteiger partial charge in [0, 0.05) is 31.9 Å². The van der Waals surface area contributed by atoms with Crippen molar-refractivity contribution in [3.63, 3.8) is 0 Å². The van der Waals surface area contributed by atoms with E-state index in [2.05, 4.69) is 10.2 Å². The predicted molar refractivity (Wildman–Crippen MR) is 89.2 cm³/mol. The summed E-state index contributed by atoms with van der Waals surface area (Å²) in [5.74, 6) is -0.174. The van der Waals surface area contributed by atoms with Crippen LogP contribution in [0, 0.1) is 13.8 Å². The fourth-order valence-electron chi connectivity index (χ4n) is 2.75. The van der Waals surface area contributed by atoms with Crippen molar-refractivity contribution in [2.24, 2.45) is 0 Å². The highest BCUT2D eigenvalue weighted by Crippen LogP contribution is 2.19. The predicted octanol–water partition coefficient (Wildman–Crippen LogP) is 1.17. The van der Waals surface area contributed by atoms with Gasteiger partial charge in [-0.3, -0.25) is 9.89 Å². The zero-order chi connectivity index (χ0) is 17.3. The Bertz CT molecular complexity index is 852. The van der Waals surface area contributed by atoms with Gasteiger partial charge in [0.15, 0.2) is 0 Å². The van der Waals surface area contributed by atoms with Crippen molar-refractivity contribution in [2.45, 2.75) is 18.7 Å². The van der Waals surface area contributed by atoms with Gasteiger partial charge in [0.2, 0.25) is 10.0 Å². The van der Waals surface area contributed by atoms with Crippen LogP contribution in [0.2, 0.25) is 0 Å². The fraction of sp³-hybridized carbons (Fsp3) is 0.375. The number of nitrogens with one attached hydrogen (secondary N) is 1. The number of carbonyl (C=O) groups is 1. The molecule has 0 saturated carbocycles. The van der Waals surface area contributed by atoms with Gasteiger partial charge >= 0.3 is 0 Å². The zero-order valence-corrected chi connectivity index (χ0v) is 14.5. The van der Waals surface area contributed by atoms with Crippen molar-refractivity contribution in [1.29, 1.82) is 0 Å². The Kier molecular flexibility index (Phi) is 4.42. The molecule has 0 aliphatic carbocycles. The van der Waals surface area contributed by atoms with Crippen molar-refractivity contribution >= 4 is 15.9 Å². The average molecular weight is 348 g/mol. The Morgan fingerprint density at radius 1 is 1.12 bits per heavy atom. The van der Waals surface area contributed by atoms with Gasteiger partial charge in [0.05, 0.1) is 4.90 Å². The van der Waals surface area contributed by atoms with Crippen LogP contribution in [-0.4, -0.2) is 59.9 Å². The summed E-state index contributed by atoms with van der Waals surface area (Å²) in [4.78, 5) is 14.3. The molecule has 1 fully saturated rings. The second-order valence-corrected chi connectivity index (χ2v) is 7.89. The first kappa shape index (κ1) is 16.7. The number of rotatable bonds is 3. The van der Waals surface area contributed by atoms with Crippen LogP contribution in [0.4, 0.5) is 0 Å². The third-order valence-corrected chi connectivity index (χ3v) is 5.97. The van der Waals surface area contributed by atoms with Crippen molar-refractivity contribution in [3.8, 4) is 0 Å². The summed E-state index contributed by atoms with van der Waals surface area (Å²) >= 11 is 0. The monoisotopic (exact) mass is 348 g/mol. The Morgan fingerprint density at radius 3 is 2.42 bits per heavy atom. The molecule has 1 aromatic carbocycles. The number of benzene rings is 1. The number of aryl methyl sites for hydroxylation is 2. The Balaban J connectivity index is 1.69. The van der Waals surface area contributed by atoms with Gasteiger partial charge < -0.3 is 4.90 Å². The smallest absolute Gasteiger partial charge is 0.274 e. The van der Waals surface area contributed by atoms with Crippen LogP contribution in [0.25, 0.3) is 0 Å². The molecule has 128 valence electrons. The first-order valence-electron chi connectivity index (χ1n) is 7.76. The lowest BCUT2D eigenvalue weighted by Crippen LogP contribution is -2.50. The van der Waals surface area contributed by atoms with Gasteiger partial charge in [-0.15, -0.1) is 0 Å². The number of piperazine rings is 1. The minimum atomic E-state index is -3.52. The maximum atomic E-state index is 12.7. The molecule has 1 N–H and O–H groups in total. The van der Waals surface area contributed by atoms with Gasteiger partial charge in [-0.25, -0.2) is 8.42 Å². The molecular weight excluding hydrogens is 328 g/mol. The summed E-state index contributed by atoms with van der Waals surface area (Å²) in [6.45, 7) is 4.97. The van der Waals surface area contributed by atoms with E-state index in [4.69, 9.17) is 0 Å². The van der Waals surface area contributed by atoms with Crippen molar-refractivity contribution in [3.05, 3.63) is 47.3 Å². The summed E-state index contributed by atoms with van der Waals surface area (Å²) in [7, 11) is -3.52. The highest BCUT2D eigenvalue weighted by atomic mass is 32.2. The summed E-state index contributed by atoms with van der Waals surface area (Å²) in [5, 5.41) is 6.71. The molecule has 1 aromatic heterocycles. The molecule has 0 atom stereocenters. The summed E-state index contributed by atoms with van der Waals surface area (Å²) in [6, 6.07) is 8.56. The van der Waals surface area contributed by atoms with E-state index in [1.165, 1.54) is 4.31 Å². The van der Waals surface area contributed by atoms with Gasteiger partial charge in [-0.05, 0) is 37.6 Å². The number of aromatic amines is 1. The summed E-state index contributed by atoms with van der Waals surface area (Å²) in [5.41, 5.74) is 2.08. The molecule has 0 unspecified atom stereocenters. The number of carbonyl (C=O) groups excluding carboxylic acids is 1. The minimum absolute atomic E-state index is 0.174. The van der Waals surface area contributed by atoms with Gasteiger partial charge in [0.25, 0.3) is 5.91 Å². The lowest BCUT2D eigenvalue weighted by Gasteiger charge is -2.33. The molecule has 0 spiro atoms. The lowest BCUT2D eigenvalue weighted by molar-refractivity contribution is 0.0692. The maximum absolute atomic E-state index is 12.7. The molecule has 0 bridgehead atoms. The van der Waals surface area contributed by atoms with E-state index in [1.807, 2.05) is 19.9 Å². The minimum Gasteiger partial charge on any atom is -0.335 e. The fourth-order valence-corrected chi connectivity index (χ4v) is 4.27. The van der Waals surface area contributed by atoms with Crippen LogP contribution in [-0.2, 0) is 10.0 Å². The van der Waals surface area contributed by atoms with Gasteiger partial charge in [-0.1, -0.05) is 12.1 Å². The van der Waals surface area contributed by atoms with E-state index in [1.54, 1.807) is 29.2 Å². The highest BCUT2D eigenvalue weighted by molar-refractivity contribution is 7.89. The Morgan fingerprint density at radius 2 is 1.83 bits per heavy atom. The molecule has 2 aromatic rings. The van der Waals surface area contributed by atoms with Crippen molar-refractivity contribution in [1.82, 2.24) is 19.4 Å². The molecule has 8 heteroatoms. The first-order chi connectivity index (χ1) is 11.4. The molecule has 3 rings (SSSR count). The lowest BCUT2D eigenvalue weighted by atomic mass is 10.2. The molecule has 2 heterocycles. The molecule has 1 aliphatic heterocycles. The first-order valence-corrected chi connectivity index (χ1v) is 9.20. The molecule has 1 amide bonds. The van der Waals surface area contributed by atoms with E-state index < -0.39 is 10.0 Å². The second kappa shape index (κ2) is 6.37. The second-order valence-electron chi connectivity index (χ2n) is 5.95. The number of hydrogen-bond acceptors (Lipinski definition) is 4. The molecule has 1 aliphatic rings. The summed E-state index contributed by atoms with van der Waals surface area (Å²) < 4.78 is 26.8. The average Bonchev–Trinajstić information content (AvgIpc) is 3.01. The largest absolute Gasteiger partial charge is 0.335 e. The Hall–Kier alpha value is -2.19. The number of aromatic nitrogens is 2. The van der Waals surface area contributed by atoms with E-state index in [-0.39, 0.29) is 19.0 Å². The number of H-pyrrole nitrogens is 1. The van der Waals surface area contributed by atoms with E-state index in [0.29, 0.717) is 23.7 Å². The quantitative estimate of drug-likeness (QED) is 0.902. The van der Waals surface area contributed by atoms with Crippen LogP contribution >= 0.6 is 0 Å². The molecule has 24 heavy (non-hydrogen) atoms. The van der Waals surface area contributed by atoms with Crippen LogP contribution in [0.1, 0.15) is 21.7 Å². The number of sulfonamides is 1. The van der Waals surface area contributed by atoms with Crippen LogP contribution in [0.15, 0.2) is 35.2 Å². The number of hydrogen-bond donors (Lipinski definition) is 1. The Labute approximate surface area is 141 Å². The normalized spacial score (nSPS) is 16.3. The van der Waals surface area contributed by atoms with Crippen molar-refractivity contribution in [2.75, 3.05) is 26.2 Å². The topological polar surface area (TPSA) is 86.4 Å². The SMILES string of the molecule is Cc1cccc(S(=O)(=O)N2CCN(C(=O)c3cc(C)[nH]n3)CC2)c1. The van der Waals surface area contributed by atoms with Crippen LogP contribution < -0.4 is 0 Å². The van der Waals surface area contributed by atoms with E-state index in [9.17, 15) is 13.2 Å². The van der Waals surface area contributed by atoms with Crippen LogP contribution in [0.5, 0.6) is 0 Å². The molecule has 7 nitrogen and oxygen atoms in total. The zero-order valence-electron chi connectivity index (χ0n) is 13.7. The highest BCUT2D eigenvalue weighted by Gasteiger charge is 2.31. The number of amides is 1. The molecular formula is C16H20N4O3S. The summed E-state index contributed by atoms with van der Waals surface area (Å²) in [6.07, 6.45) is 0. The third-order valence-electron chi connectivity index (χ3n) is 4.08. The number of nitrogens with zero attached hydrogens (tertiary/aromatic N) is 3. The van der Waals surface area contributed by atoms with Gasteiger partial charge in [0.1, 0.15) is 5.69 Å². The third kappa shape index (κ3) is 3.20. The van der Waals surface area contributed by atoms with Crippen LogP contribution in [0.3, 0.4) is 0 Å². The molecule has 0 radical (unpaired) electrons. The van der Waals surface area contributed by atoms with Crippen molar-refractivity contribution < 1.29 is 13.2 Å². The standard InChI is InChI=1S/C16H20N4O3S/c1-12-4-3-5-14(10-12)24(22,23)20-8-6-19(7-9-20)16(21)15-11-13(2)17-18-15/h3-5,10-11H,6-9H2,1-2H3,(H,17,18). The molecule has 1 saturated heterocycles.